The van der Waals surface area contributed by atoms with E-state index in [9.17, 15) is 14.4 Å². The summed E-state index contributed by atoms with van der Waals surface area (Å²) in [4.78, 5) is 37.8. The molecule has 0 N–H and O–H groups in total. The number of carbonyl (C=O) groups excluding carboxylic acids is 3. The van der Waals surface area contributed by atoms with Gasteiger partial charge in [-0.1, -0.05) is 54.6 Å². The quantitative estimate of drug-likeness (QED) is 0.391. The highest BCUT2D eigenvalue weighted by molar-refractivity contribution is 6.22. The van der Waals surface area contributed by atoms with Crippen molar-refractivity contribution in [3.8, 4) is 5.75 Å². The first-order valence-corrected chi connectivity index (χ1v) is 8.90. The summed E-state index contributed by atoms with van der Waals surface area (Å²) in [5, 5.41) is 0. The first kappa shape index (κ1) is 17.7. The topological polar surface area (TPSA) is 63.7 Å². The van der Waals surface area contributed by atoms with E-state index in [0.29, 0.717) is 16.9 Å². The zero-order valence-corrected chi connectivity index (χ0v) is 15.0. The van der Waals surface area contributed by atoms with Crippen LogP contribution in [-0.2, 0) is 11.2 Å². The van der Waals surface area contributed by atoms with Crippen LogP contribution in [0.5, 0.6) is 5.75 Å². The van der Waals surface area contributed by atoms with Gasteiger partial charge in [-0.15, -0.1) is 0 Å². The van der Waals surface area contributed by atoms with E-state index in [1.807, 2.05) is 30.3 Å². The number of hydrogen-bond donors (Lipinski definition) is 0. The van der Waals surface area contributed by atoms with Crippen molar-refractivity contribution in [1.29, 1.82) is 0 Å². The molecular weight excluding hydrogens is 354 g/mol. The number of carbonyl (C=O) groups is 3. The minimum absolute atomic E-state index is 0.311. The second-order valence-electron chi connectivity index (χ2n) is 6.52. The summed E-state index contributed by atoms with van der Waals surface area (Å²) in [5.74, 6) is -1.24. The maximum atomic E-state index is 12.3. The van der Waals surface area contributed by atoms with Crippen molar-refractivity contribution in [3.05, 3.63) is 101 Å². The number of ether oxygens (including phenoxy) is 1. The van der Waals surface area contributed by atoms with Crippen molar-refractivity contribution in [2.45, 2.75) is 6.42 Å². The molecule has 2 amide bonds. The average molecular weight is 371 g/mol. The number of esters is 1. The number of imide groups is 1. The fourth-order valence-electron chi connectivity index (χ4n) is 3.18. The molecule has 0 unspecified atom stereocenters. The highest BCUT2D eigenvalue weighted by atomic mass is 16.5. The molecule has 0 spiro atoms. The lowest BCUT2D eigenvalue weighted by atomic mass is 10.1. The first-order chi connectivity index (χ1) is 13.6. The maximum absolute atomic E-state index is 12.3. The van der Waals surface area contributed by atoms with Crippen LogP contribution < -0.4 is 4.74 Å². The van der Waals surface area contributed by atoms with Gasteiger partial charge in [0.2, 0.25) is 0 Å². The summed E-state index contributed by atoms with van der Waals surface area (Å²) in [6.07, 6.45) is 0.782. The number of nitrogens with zero attached hydrogens (tertiary/aromatic N) is 1. The van der Waals surface area contributed by atoms with Gasteiger partial charge in [0, 0.05) is 0 Å². The predicted octanol–water partition coefficient (Wildman–Crippen LogP) is 3.48. The van der Waals surface area contributed by atoms with Gasteiger partial charge in [0.25, 0.3) is 11.8 Å². The van der Waals surface area contributed by atoms with E-state index >= 15 is 0 Å². The Hall–Kier alpha value is -3.73. The van der Waals surface area contributed by atoms with E-state index in [-0.39, 0.29) is 0 Å². The third-order valence-corrected chi connectivity index (χ3v) is 4.57. The van der Waals surface area contributed by atoms with Crippen LogP contribution in [0.15, 0.2) is 78.9 Å². The van der Waals surface area contributed by atoms with E-state index in [1.165, 1.54) is 5.56 Å². The molecule has 3 aromatic carbocycles. The Morgan fingerprint density at radius 3 is 1.86 bits per heavy atom. The van der Waals surface area contributed by atoms with Crippen molar-refractivity contribution < 1.29 is 19.1 Å². The summed E-state index contributed by atoms with van der Waals surface area (Å²) in [6.45, 7) is -0.419. The van der Waals surface area contributed by atoms with Gasteiger partial charge in [0.15, 0.2) is 0 Å². The molecule has 138 valence electrons. The Balaban J connectivity index is 1.38. The van der Waals surface area contributed by atoms with Crippen LogP contribution in [0.25, 0.3) is 0 Å². The Kier molecular flexibility index (Phi) is 4.72. The lowest BCUT2D eigenvalue weighted by Gasteiger charge is -2.13. The van der Waals surface area contributed by atoms with E-state index in [1.54, 1.807) is 36.4 Å². The van der Waals surface area contributed by atoms with Crippen LogP contribution in [0, 0.1) is 0 Å². The second-order valence-corrected chi connectivity index (χ2v) is 6.52. The van der Waals surface area contributed by atoms with Crippen LogP contribution in [-0.4, -0.2) is 29.2 Å². The normalized spacial score (nSPS) is 12.8. The Morgan fingerprint density at radius 1 is 0.714 bits per heavy atom. The van der Waals surface area contributed by atoms with Gasteiger partial charge in [-0.05, 0) is 41.8 Å². The average Bonchev–Trinajstić information content (AvgIpc) is 2.95. The van der Waals surface area contributed by atoms with Gasteiger partial charge in [-0.3, -0.25) is 14.5 Å². The molecule has 0 bridgehead atoms. The molecule has 0 saturated carbocycles. The van der Waals surface area contributed by atoms with Gasteiger partial charge < -0.3 is 4.74 Å². The zero-order chi connectivity index (χ0) is 19.5. The molecule has 4 rings (SSSR count). The number of hydrogen-bond acceptors (Lipinski definition) is 4. The third-order valence-electron chi connectivity index (χ3n) is 4.57. The fourth-order valence-corrected chi connectivity index (χ4v) is 3.18. The predicted molar refractivity (Wildman–Crippen MR) is 103 cm³/mol. The van der Waals surface area contributed by atoms with Crippen LogP contribution in [0.3, 0.4) is 0 Å². The summed E-state index contributed by atoms with van der Waals surface area (Å²) >= 11 is 0. The molecule has 3 aromatic rings. The molecule has 0 aromatic heterocycles. The minimum atomic E-state index is -0.662. The largest absolute Gasteiger partial charge is 0.425 e. The van der Waals surface area contributed by atoms with E-state index < -0.39 is 24.3 Å². The monoisotopic (exact) mass is 371 g/mol. The molecule has 0 atom stereocenters. The molecule has 1 heterocycles. The van der Waals surface area contributed by atoms with Crippen molar-refractivity contribution in [1.82, 2.24) is 4.90 Å². The Bertz CT molecular complexity index is 1010. The minimum Gasteiger partial charge on any atom is -0.425 e. The number of benzene rings is 3. The Labute approximate surface area is 162 Å². The van der Waals surface area contributed by atoms with Gasteiger partial charge in [-0.2, -0.15) is 0 Å². The number of rotatable bonds is 5. The smallest absolute Gasteiger partial charge is 0.331 e. The number of fused-ring (bicyclic) bond motifs is 1. The summed E-state index contributed by atoms with van der Waals surface area (Å²) in [7, 11) is 0. The van der Waals surface area contributed by atoms with E-state index in [2.05, 4.69) is 12.1 Å². The lowest BCUT2D eigenvalue weighted by molar-refractivity contribution is -0.134. The first-order valence-electron chi connectivity index (χ1n) is 8.90. The second kappa shape index (κ2) is 7.48. The molecule has 5 heteroatoms. The van der Waals surface area contributed by atoms with Gasteiger partial charge in [-0.25, -0.2) is 4.79 Å². The highest BCUT2D eigenvalue weighted by Crippen LogP contribution is 2.22. The molecule has 0 aliphatic carbocycles. The van der Waals surface area contributed by atoms with E-state index in [4.69, 9.17) is 4.74 Å². The molecule has 1 aliphatic rings. The summed E-state index contributed by atoms with van der Waals surface area (Å²) in [6, 6.07) is 23.8. The standard InChI is InChI=1S/C23H17NO4/c25-21(15-24-22(26)19-8-4-5-9-20(19)23(24)27)28-18-12-10-17(11-13-18)14-16-6-2-1-3-7-16/h1-13H,14-15H2. The van der Waals surface area contributed by atoms with Gasteiger partial charge in [0.1, 0.15) is 12.3 Å². The molecule has 28 heavy (non-hydrogen) atoms. The third kappa shape index (κ3) is 3.55. The van der Waals surface area contributed by atoms with Crippen molar-refractivity contribution in [2.75, 3.05) is 6.54 Å². The van der Waals surface area contributed by atoms with Crippen LogP contribution in [0.2, 0.25) is 0 Å². The molecule has 0 fully saturated rings. The highest BCUT2D eigenvalue weighted by Gasteiger charge is 2.36. The lowest BCUT2D eigenvalue weighted by Crippen LogP contribution is -2.36. The maximum Gasteiger partial charge on any atom is 0.331 e. The molecule has 0 saturated heterocycles. The SMILES string of the molecule is O=C(CN1C(=O)c2ccccc2C1=O)Oc1ccc(Cc2ccccc2)cc1. The van der Waals surface area contributed by atoms with Crippen LogP contribution >= 0.6 is 0 Å². The van der Waals surface area contributed by atoms with Gasteiger partial charge >= 0.3 is 5.97 Å². The van der Waals surface area contributed by atoms with Crippen LogP contribution in [0.4, 0.5) is 0 Å². The molecule has 0 radical (unpaired) electrons. The van der Waals surface area contributed by atoms with Crippen molar-refractivity contribution in [3.63, 3.8) is 0 Å². The summed E-state index contributed by atoms with van der Waals surface area (Å²) < 4.78 is 5.29. The molecular formula is C23H17NO4. The summed E-state index contributed by atoms with van der Waals surface area (Å²) in [5.41, 5.74) is 2.90. The zero-order valence-electron chi connectivity index (χ0n) is 15.0. The molecule has 1 aliphatic heterocycles. The van der Waals surface area contributed by atoms with Crippen molar-refractivity contribution >= 4 is 17.8 Å². The fraction of sp³-hybridized carbons (Fsp3) is 0.0870. The van der Waals surface area contributed by atoms with Crippen molar-refractivity contribution in [2.24, 2.45) is 0 Å². The van der Waals surface area contributed by atoms with Gasteiger partial charge in [0.05, 0.1) is 11.1 Å². The Morgan fingerprint density at radius 2 is 1.25 bits per heavy atom. The van der Waals surface area contributed by atoms with E-state index in [0.717, 1.165) is 16.9 Å². The number of amides is 2. The molecule has 5 nitrogen and oxygen atoms in total. The van der Waals surface area contributed by atoms with Crippen LogP contribution in [0.1, 0.15) is 31.8 Å².